The maximum Gasteiger partial charge on any atom is 0.264 e. The molecule has 31 heavy (non-hydrogen) atoms. The Morgan fingerprint density at radius 2 is 1.97 bits per heavy atom. The lowest BCUT2D eigenvalue weighted by Crippen LogP contribution is -2.37. The lowest BCUT2D eigenvalue weighted by Gasteiger charge is -2.21. The molecule has 158 valence electrons. The molecule has 0 aliphatic heterocycles. The van der Waals surface area contributed by atoms with Crippen LogP contribution in [0.25, 0.3) is 10.1 Å². The predicted octanol–water partition coefficient (Wildman–Crippen LogP) is 4.92. The monoisotopic (exact) mass is 438 g/mol. The highest BCUT2D eigenvalue weighted by Crippen LogP contribution is 2.28. The number of furan rings is 1. The number of ether oxygens (including phenoxy) is 1. The molecule has 4 rings (SSSR count). The Morgan fingerprint density at radius 1 is 1.13 bits per heavy atom. The number of fused-ring (bicyclic) bond motifs is 1. The molecule has 0 fully saturated rings. The van der Waals surface area contributed by atoms with Gasteiger partial charge in [0, 0.05) is 4.70 Å². The highest BCUT2D eigenvalue weighted by atomic mass is 32.1. The Hall–Kier alpha value is -3.65. The van der Waals surface area contributed by atoms with Crippen LogP contribution in [0.1, 0.15) is 15.4 Å². The summed E-state index contributed by atoms with van der Waals surface area (Å²) in [6, 6.07) is 16.5. The highest BCUT2D eigenvalue weighted by molar-refractivity contribution is 7.20. The first-order valence-corrected chi connectivity index (χ1v) is 10.3. The minimum atomic E-state index is -0.378. The van der Waals surface area contributed by atoms with Crippen LogP contribution in [0.4, 0.5) is 10.1 Å². The van der Waals surface area contributed by atoms with E-state index in [0.717, 1.165) is 4.70 Å². The van der Waals surface area contributed by atoms with Crippen LogP contribution in [-0.2, 0) is 11.3 Å². The number of thiophene rings is 1. The summed E-state index contributed by atoms with van der Waals surface area (Å²) in [5.74, 6) is -0.0189. The number of anilines is 1. The molecule has 0 aliphatic rings. The zero-order valence-electron chi connectivity index (χ0n) is 16.6. The first kappa shape index (κ1) is 20.6. The average molecular weight is 438 g/mol. The molecule has 4 aromatic rings. The van der Waals surface area contributed by atoms with Crippen molar-refractivity contribution in [3.63, 3.8) is 0 Å². The van der Waals surface area contributed by atoms with E-state index in [4.69, 9.17) is 9.15 Å². The molecule has 0 spiro atoms. The van der Waals surface area contributed by atoms with E-state index in [0.29, 0.717) is 27.5 Å². The van der Waals surface area contributed by atoms with E-state index in [-0.39, 0.29) is 30.7 Å². The van der Waals surface area contributed by atoms with Gasteiger partial charge in [-0.15, -0.1) is 11.3 Å². The van der Waals surface area contributed by atoms with Crippen LogP contribution in [0, 0.1) is 5.82 Å². The lowest BCUT2D eigenvalue weighted by molar-refractivity contribution is -0.117. The van der Waals surface area contributed by atoms with Crippen LogP contribution in [0.5, 0.6) is 5.75 Å². The van der Waals surface area contributed by atoms with Crippen LogP contribution < -0.4 is 10.1 Å². The zero-order chi connectivity index (χ0) is 21.8. The van der Waals surface area contributed by atoms with Gasteiger partial charge < -0.3 is 19.4 Å². The summed E-state index contributed by atoms with van der Waals surface area (Å²) in [7, 11) is 1.52. The van der Waals surface area contributed by atoms with Crippen LogP contribution in [0.3, 0.4) is 0 Å². The standard InChI is InChI=1S/C23H19FN2O4S/c1-29-19-7-3-2-6-18(19)25-22(27)14-26(13-17-5-4-10-30-17)23(28)21-12-15-11-16(24)8-9-20(15)31-21/h2-12H,13-14H2,1H3,(H,25,27). The fraction of sp³-hybridized carbons (Fsp3) is 0.130. The molecule has 0 aliphatic carbocycles. The van der Waals surface area contributed by atoms with Crippen molar-refractivity contribution in [1.82, 2.24) is 4.90 Å². The first-order chi connectivity index (χ1) is 15.0. The normalized spacial score (nSPS) is 10.8. The van der Waals surface area contributed by atoms with Crippen LogP contribution in [0.2, 0.25) is 0 Å². The molecular formula is C23H19FN2O4S. The van der Waals surface area contributed by atoms with E-state index >= 15 is 0 Å². The Morgan fingerprint density at radius 3 is 2.74 bits per heavy atom. The number of carbonyl (C=O) groups is 2. The van der Waals surface area contributed by atoms with Crippen molar-refractivity contribution in [1.29, 1.82) is 0 Å². The van der Waals surface area contributed by atoms with Crippen molar-refractivity contribution in [3.05, 3.63) is 83.4 Å². The second-order valence-corrected chi connectivity index (χ2v) is 7.87. The SMILES string of the molecule is COc1ccccc1NC(=O)CN(Cc1ccco1)C(=O)c1cc2cc(F)ccc2s1. The summed E-state index contributed by atoms with van der Waals surface area (Å²) >= 11 is 1.25. The van der Waals surface area contributed by atoms with Crippen LogP contribution in [0.15, 0.2) is 71.3 Å². The Kier molecular flexibility index (Phi) is 5.99. The number of carbonyl (C=O) groups excluding carboxylic acids is 2. The van der Waals surface area contributed by atoms with Crippen molar-refractivity contribution in [2.24, 2.45) is 0 Å². The summed E-state index contributed by atoms with van der Waals surface area (Å²) < 4.78 is 25.0. The Balaban J connectivity index is 1.57. The summed E-state index contributed by atoms with van der Waals surface area (Å²) in [5, 5.41) is 3.42. The summed E-state index contributed by atoms with van der Waals surface area (Å²) in [6.45, 7) is -0.0754. The van der Waals surface area contributed by atoms with Crippen molar-refractivity contribution in [2.75, 3.05) is 19.0 Å². The molecule has 0 saturated carbocycles. The lowest BCUT2D eigenvalue weighted by atomic mass is 10.2. The molecule has 0 atom stereocenters. The van der Waals surface area contributed by atoms with Crippen LogP contribution in [-0.4, -0.2) is 30.4 Å². The predicted molar refractivity (Wildman–Crippen MR) is 117 cm³/mol. The molecule has 0 unspecified atom stereocenters. The molecular weight excluding hydrogens is 419 g/mol. The van der Waals surface area contributed by atoms with Gasteiger partial charge in [0.15, 0.2) is 0 Å². The number of methoxy groups -OCH3 is 1. The summed E-state index contributed by atoms with van der Waals surface area (Å²) in [4.78, 5) is 27.8. The zero-order valence-corrected chi connectivity index (χ0v) is 17.4. The van der Waals surface area contributed by atoms with Gasteiger partial charge in [0.1, 0.15) is 23.9 Å². The minimum absolute atomic E-state index is 0.119. The summed E-state index contributed by atoms with van der Waals surface area (Å²) in [5.41, 5.74) is 0.512. The van der Waals surface area contributed by atoms with Crippen molar-refractivity contribution in [2.45, 2.75) is 6.54 Å². The molecule has 0 bridgehead atoms. The number of para-hydroxylation sites is 2. The van der Waals surface area contributed by atoms with Gasteiger partial charge in [-0.05, 0) is 53.9 Å². The fourth-order valence-electron chi connectivity index (χ4n) is 3.18. The third kappa shape index (κ3) is 4.75. The number of halogens is 1. The molecule has 0 radical (unpaired) electrons. The molecule has 2 aromatic carbocycles. The van der Waals surface area contributed by atoms with Crippen molar-refractivity contribution in [3.8, 4) is 5.75 Å². The van der Waals surface area contributed by atoms with Gasteiger partial charge in [0.25, 0.3) is 5.91 Å². The number of nitrogens with zero attached hydrogens (tertiary/aromatic N) is 1. The quantitative estimate of drug-likeness (QED) is 0.444. The van der Waals surface area contributed by atoms with Crippen molar-refractivity contribution >= 4 is 38.9 Å². The number of amides is 2. The van der Waals surface area contributed by atoms with Gasteiger partial charge >= 0.3 is 0 Å². The van der Waals surface area contributed by atoms with Gasteiger partial charge in [-0.25, -0.2) is 4.39 Å². The van der Waals surface area contributed by atoms with E-state index in [1.54, 1.807) is 48.5 Å². The average Bonchev–Trinajstić information content (AvgIpc) is 3.42. The minimum Gasteiger partial charge on any atom is -0.495 e. The molecule has 2 amide bonds. The molecule has 2 heterocycles. The maximum absolute atomic E-state index is 13.5. The Labute approximate surface area is 181 Å². The molecule has 8 heteroatoms. The third-order valence-corrected chi connectivity index (χ3v) is 5.72. The Bertz CT molecular complexity index is 1220. The second kappa shape index (κ2) is 9.01. The fourth-order valence-corrected chi connectivity index (χ4v) is 4.19. The van der Waals surface area contributed by atoms with E-state index in [1.807, 2.05) is 0 Å². The van der Waals surface area contributed by atoms with E-state index in [9.17, 15) is 14.0 Å². The molecule has 2 aromatic heterocycles. The van der Waals surface area contributed by atoms with Crippen molar-refractivity contribution < 1.29 is 23.1 Å². The number of nitrogens with one attached hydrogen (secondary N) is 1. The number of hydrogen-bond donors (Lipinski definition) is 1. The van der Waals surface area contributed by atoms with Crippen LogP contribution >= 0.6 is 11.3 Å². The third-order valence-electron chi connectivity index (χ3n) is 4.62. The topological polar surface area (TPSA) is 71.8 Å². The maximum atomic E-state index is 13.5. The second-order valence-electron chi connectivity index (χ2n) is 6.78. The molecule has 0 saturated heterocycles. The highest BCUT2D eigenvalue weighted by Gasteiger charge is 2.23. The molecule has 6 nitrogen and oxygen atoms in total. The van der Waals surface area contributed by atoms with Gasteiger partial charge in [0.2, 0.25) is 5.91 Å². The number of rotatable bonds is 7. The number of hydrogen-bond acceptors (Lipinski definition) is 5. The van der Waals surface area contributed by atoms with Gasteiger partial charge in [0.05, 0.1) is 30.5 Å². The summed E-state index contributed by atoms with van der Waals surface area (Å²) in [6.07, 6.45) is 1.51. The smallest absolute Gasteiger partial charge is 0.264 e. The van der Waals surface area contributed by atoms with E-state index in [2.05, 4.69) is 5.32 Å². The van der Waals surface area contributed by atoms with Gasteiger partial charge in [-0.1, -0.05) is 12.1 Å². The van der Waals surface area contributed by atoms with E-state index < -0.39 is 0 Å². The number of benzene rings is 2. The molecule has 1 N–H and O–H groups in total. The van der Waals surface area contributed by atoms with Gasteiger partial charge in [-0.3, -0.25) is 9.59 Å². The van der Waals surface area contributed by atoms with Gasteiger partial charge in [-0.2, -0.15) is 0 Å². The largest absolute Gasteiger partial charge is 0.495 e. The first-order valence-electron chi connectivity index (χ1n) is 9.47. The van der Waals surface area contributed by atoms with E-state index in [1.165, 1.54) is 41.7 Å².